The number of halogens is 3. The summed E-state index contributed by atoms with van der Waals surface area (Å²) >= 11 is 5.84. The molecule has 2 aromatic rings. The molecule has 0 saturated carbocycles. The summed E-state index contributed by atoms with van der Waals surface area (Å²) in [6, 6.07) is 8.86. The summed E-state index contributed by atoms with van der Waals surface area (Å²) in [5.41, 5.74) is 1.57. The molecule has 0 saturated heterocycles. The van der Waals surface area contributed by atoms with Crippen LogP contribution in [0.15, 0.2) is 36.4 Å². The number of aliphatic hydroxyl groups is 1. The maximum absolute atomic E-state index is 13.3. The van der Waals surface area contributed by atoms with Crippen LogP contribution in [0.3, 0.4) is 0 Å². The quantitative estimate of drug-likeness (QED) is 0.894. The Balaban J connectivity index is 2.23. The van der Waals surface area contributed by atoms with Gasteiger partial charge in [-0.25, -0.2) is 8.78 Å². The second-order valence-electron chi connectivity index (χ2n) is 4.44. The minimum absolute atomic E-state index is 0.0142. The van der Waals surface area contributed by atoms with E-state index in [9.17, 15) is 13.9 Å². The Bertz CT molecular complexity index is 599. The standard InChI is InChI=1S/C15H13ClF2O/c1-9-7-10(5-6-12(9)17)14(19)8-11-3-2-4-13(18)15(11)16/h2-7,14,19H,8H2,1H3. The largest absolute Gasteiger partial charge is 0.388 e. The minimum atomic E-state index is -0.849. The molecule has 0 spiro atoms. The maximum atomic E-state index is 13.3. The Labute approximate surface area is 115 Å². The Kier molecular flexibility index (Phi) is 4.17. The van der Waals surface area contributed by atoms with Crippen molar-refractivity contribution in [3.05, 3.63) is 69.7 Å². The van der Waals surface area contributed by atoms with Crippen molar-refractivity contribution in [2.75, 3.05) is 0 Å². The van der Waals surface area contributed by atoms with E-state index in [2.05, 4.69) is 0 Å². The summed E-state index contributed by atoms with van der Waals surface area (Å²) in [6.45, 7) is 1.63. The molecule has 4 heteroatoms. The average Bonchev–Trinajstić information content (AvgIpc) is 2.38. The fourth-order valence-corrected chi connectivity index (χ4v) is 2.11. The van der Waals surface area contributed by atoms with Gasteiger partial charge in [-0.1, -0.05) is 35.9 Å². The first-order chi connectivity index (χ1) is 8.99. The minimum Gasteiger partial charge on any atom is -0.388 e. The number of aliphatic hydroxyl groups excluding tert-OH is 1. The second kappa shape index (κ2) is 5.68. The number of hydrogen-bond acceptors (Lipinski definition) is 1. The molecule has 0 aromatic heterocycles. The predicted octanol–water partition coefficient (Wildman–Crippen LogP) is 4.20. The van der Waals surface area contributed by atoms with Gasteiger partial charge in [0.25, 0.3) is 0 Å². The van der Waals surface area contributed by atoms with Gasteiger partial charge >= 0.3 is 0 Å². The zero-order valence-electron chi connectivity index (χ0n) is 10.3. The Morgan fingerprint density at radius 3 is 2.58 bits per heavy atom. The van der Waals surface area contributed by atoms with Crippen molar-refractivity contribution in [3.8, 4) is 0 Å². The van der Waals surface area contributed by atoms with Crippen LogP contribution in [-0.4, -0.2) is 5.11 Å². The van der Waals surface area contributed by atoms with E-state index in [-0.39, 0.29) is 17.3 Å². The van der Waals surface area contributed by atoms with Crippen LogP contribution in [0.25, 0.3) is 0 Å². The first kappa shape index (κ1) is 14.0. The summed E-state index contributed by atoms with van der Waals surface area (Å²) in [5, 5.41) is 10.1. The van der Waals surface area contributed by atoms with Gasteiger partial charge in [-0.2, -0.15) is 0 Å². The van der Waals surface area contributed by atoms with Crippen LogP contribution in [0.1, 0.15) is 22.8 Å². The fraction of sp³-hybridized carbons (Fsp3) is 0.200. The molecule has 19 heavy (non-hydrogen) atoms. The van der Waals surface area contributed by atoms with E-state index in [0.717, 1.165) is 0 Å². The molecule has 1 unspecified atom stereocenters. The summed E-state index contributed by atoms with van der Waals surface area (Å²) < 4.78 is 26.4. The Hall–Kier alpha value is -1.45. The van der Waals surface area contributed by atoms with E-state index < -0.39 is 11.9 Å². The molecule has 1 atom stereocenters. The Morgan fingerprint density at radius 1 is 1.16 bits per heavy atom. The molecule has 0 amide bonds. The van der Waals surface area contributed by atoms with Crippen LogP contribution in [0, 0.1) is 18.6 Å². The average molecular weight is 283 g/mol. The number of benzene rings is 2. The first-order valence-electron chi connectivity index (χ1n) is 5.86. The van der Waals surface area contributed by atoms with Gasteiger partial charge in [-0.15, -0.1) is 0 Å². The smallest absolute Gasteiger partial charge is 0.142 e. The summed E-state index contributed by atoms with van der Waals surface area (Å²) in [4.78, 5) is 0. The lowest BCUT2D eigenvalue weighted by Gasteiger charge is -2.13. The molecule has 2 aromatic carbocycles. The molecule has 1 nitrogen and oxygen atoms in total. The monoisotopic (exact) mass is 282 g/mol. The highest BCUT2D eigenvalue weighted by Gasteiger charge is 2.13. The van der Waals surface area contributed by atoms with Crippen LogP contribution < -0.4 is 0 Å². The van der Waals surface area contributed by atoms with Gasteiger partial charge in [0.05, 0.1) is 11.1 Å². The highest BCUT2D eigenvalue weighted by atomic mass is 35.5. The molecule has 0 bridgehead atoms. The van der Waals surface area contributed by atoms with E-state index in [4.69, 9.17) is 11.6 Å². The van der Waals surface area contributed by atoms with Crippen LogP contribution >= 0.6 is 11.6 Å². The van der Waals surface area contributed by atoms with Gasteiger partial charge in [0, 0.05) is 6.42 Å². The third-order valence-corrected chi connectivity index (χ3v) is 3.43. The van der Waals surface area contributed by atoms with Crippen molar-refractivity contribution in [2.24, 2.45) is 0 Å². The fourth-order valence-electron chi connectivity index (χ4n) is 1.91. The number of aryl methyl sites for hydroxylation is 1. The van der Waals surface area contributed by atoms with Gasteiger partial charge < -0.3 is 5.11 Å². The molecule has 1 N–H and O–H groups in total. The van der Waals surface area contributed by atoms with E-state index in [1.807, 2.05) is 0 Å². The van der Waals surface area contributed by atoms with Crippen LogP contribution in [0.4, 0.5) is 8.78 Å². The zero-order chi connectivity index (χ0) is 14.0. The number of rotatable bonds is 3. The van der Waals surface area contributed by atoms with Gasteiger partial charge in [0.2, 0.25) is 0 Å². The van der Waals surface area contributed by atoms with Crippen molar-refractivity contribution < 1.29 is 13.9 Å². The van der Waals surface area contributed by atoms with Crippen molar-refractivity contribution in [1.82, 2.24) is 0 Å². The molecule has 0 fully saturated rings. The molecule has 100 valence electrons. The molecule has 2 rings (SSSR count). The topological polar surface area (TPSA) is 20.2 Å². The van der Waals surface area contributed by atoms with Gasteiger partial charge in [-0.3, -0.25) is 0 Å². The molecule has 0 heterocycles. The first-order valence-corrected chi connectivity index (χ1v) is 6.24. The third-order valence-electron chi connectivity index (χ3n) is 3.01. The molecule has 0 aliphatic carbocycles. The highest BCUT2D eigenvalue weighted by Crippen LogP contribution is 2.26. The Morgan fingerprint density at radius 2 is 1.89 bits per heavy atom. The van der Waals surface area contributed by atoms with Gasteiger partial charge in [0.15, 0.2) is 0 Å². The summed E-state index contributed by atoms with van der Waals surface area (Å²) in [5.74, 6) is -0.832. The van der Waals surface area contributed by atoms with E-state index in [1.54, 1.807) is 25.1 Å². The third kappa shape index (κ3) is 3.11. The van der Waals surface area contributed by atoms with E-state index >= 15 is 0 Å². The van der Waals surface area contributed by atoms with Crippen LogP contribution in [-0.2, 0) is 6.42 Å². The zero-order valence-corrected chi connectivity index (χ0v) is 11.1. The van der Waals surface area contributed by atoms with Crippen molar-refractivity contribution in [3.63, 3.8) is 0 Å². The van der Waals surface area contributed by atoms with Crippen molar-refractivity contribution in [1.29, 1.82) is 0 Å². The van der Waals surface area contributed by atoms with Gasteiger partial charge in [-0.05, 0) is 35.7 Å². The molecule has 0 radical (unpaired) electrons. The molecule has 0 aliphatic rings. The lowest BCUT2D eigenvalue weighted by atomic mass is 10.00. The summed E-state index contributed by atoms with van der Waals surface area (Å²) in [6.07, 6.45) is -0.666. The molecular formula is C15H13ClF2O. The summed E-state index contributed by atoms with van der Waals surface area (Å²) in [7, 11) is 0. The maximum Gasteiger partial charge on any atom is 0.142 e. The van der Waals surface area contributed by atoms with Gasteiger partial charge in [0.1, 0.15) is 11.6 Å². The lowest BCUT2D eigenvalue weighted by molar-refractivity contribution is 0.178. The van der Waals surface area contributed by atoms with Crippen LogP contribution in [0.5, 0.6) is 0 Å². The van der Waals surface area contributed by atoms with Crippen LogP contribution in [0.2, 0.25) is 5.02 Å². The molecular weight excluding hydrogens is 270 g/mol. The van der Waals surface area contributed by atoms with E-state index in [0.29, 0.717) is 16.7 Å². The SMILES string of the molecule is Cc1cc(C(O)Cc2cccc(F)c2Cl)ccc1F. The highest BCUT2D eigenvalue weighted by molar-refractivity contribution is 6.31. The second-order valence-corrected chi connectivity index (χ2v) is 4.82. The van der Waals surface area contributed by atoms with E-state index in [1.165, 1.54) is 18.2 Å². The van der Waals surface area contributed by atoms with Crippen molar-refractivity contribution >= 4 is 11.6 Å². The lowest BCUT2D eigenvalue weighted by Crippen LogP contribution is -2.03. The normalized spacial score (nSPS) is 12.5. The molecule has 0 aliphatic heterocycles. The predicted molar refractivity (Wildman–Crippen MR) is 71.2 cm³/mol. The number of hydrogen-bond donors (Lipinski definition) is 1. The van der Waals surface area contributed by atoms with Crippen molar-refractivity contribution in [2.45, 2.75) is 19.4 Å².